The van der Waals surface area contributed by atoms with E-state index in [-0.39, 0.29) is 0 Å². The van der Waals surface area contributed by atoms with Gasteiger partial charge in [0.25, 0.3) is 0 Å². The third-order valence-corrected chi connectivity index (χ3v) is 5.49. The molecule has 1 unspecified atom stereocenters. The lowest BCUT2D eigenvalue weighted by atomic mass is 9.82. The van der Waals surface area contributed by atoms with E-state index >= 15 is 0 Å². The van der Waals surface area contributed by atoms with Crippen molar-refractivity contribution < 1.29 is 0 Å². The highest BCUT2D eigenvalue weighted by molar-refractivity contribution is 4.85. The molecule has 1 saturated carbocycles. The van der Waals surface area contributed by atoms with Gasteiger partial charge in [0, 0.05) is 24.7 Å². The van der Waals surface area contributed by atoms with Crippen molar-refractivity contribution in [2.45, 2.75) is 96.7 Å². The fourth-order valence-corrected chi connectivity index (χ4v) is 4.29. The van der Waals surface area contributed by atoms with Gasteiger partial charge in [0.05, 0.1) is 0 Å². The smallest absolute Gasteiger partial charge is 0.0195 e. The molecule has 1 aliphatic heterocycles. The molecule has 0 aromatic heterocycles. The first kappa shape index (κ1) is 16.3. The Morgan fingerprint density at radius 1 is 1.05 bits per heavy atom. The minimum atomic E-state index is 0.700. The average Bonchev–Trinajstić information content (AvgIpc) is 2.47. The van der Waals surface area contributed by atoms with Crippen LogP contribution in [0.5, 0.6) is 0 Å². The summed E-state index contributed by atoms with van der Waals surface area (Å²) >= 11 is 0. The summed E-state index contributed by atoms with van der Waals surface area (Å²) in [6, 6.07) is 2.30. The molecule has 1 saturated heterocycles. The number of nitrogens with zero attached hydrogens (tertiary/aromatic N) is 1. The molecule has 1 aliphatic carbocycles. The van der Waals surface area contributed by atoms with Gasteiger partial charge >= 0.3 is 0 Å². The van der Waals surface area contributed by atoms with Crippen LogP contribution in [-0.2, 0) is 0 Å². The maximum Gasteiger partial charge on any atom is 0.0195 e. The van der Waals surface area contributed by atoms with Gasteiger partial charge in [0.15, 0.2) is 0 Å². The molecular weight excluding hydrogens is 244 g/mol. The predicted octanol–water partition coefficient (Wildman–Crippen LogP) is 4.20. The van der Waals surface area contributed by atoms with E-state index in [9.17, 15) is 0 Å². The Morgan fingerprint density at radius 3 is 2.35 bits per heavy atom. The van der Waals surface area contributed by atoms with Crippen LogP contribution in [0.25, 0.3) is 0 Å². The Balaban J connectivity index is 1.82. The highest BCUT2D eigenvalue weighted by atomic mass is 15.2. The Labute approximate surface area is 126 Å². The zero-order valence-electron chi connectivity index (χ0n) is 14.0. The van der Waals surface area contributed by atoms with Gasteiger partial charge in [-0.2, -0.15) is 0 Å². The van der Waals surface area contributed by atoms with Crippen LogP contribution in [0.4, 0.5) is 0 Å². The summed E-state index contributed by atoms with van der Waals surface area (Å²) in [6.45, 7) is 9.63. The van der Waals surface area contributed by atoms with Crippen molar-refractivity contribution >= 4 is 0 Å². The second kappa shape index (κ2) is 8.38. The number of hydrogen-bond acceptors (Lipinski definition) is 2. The first-order valence-corrected chi connectivity index (χ1v) is 9.19. The van der Waals surface area contributed by atoms with Crippen LogP contribution in [0.1, 0.15) is 78.6 Å². The maximum absolute atomic E-state index is 3.73. The molecule has 2 aliphatic rings. The van der Waals surface area contributed by atoms with E-state index in [1.54, 1.807) is 0 Å². The largest absolute Gasteiger partial charge is 0.313 e. The molecule has 0 aromatic rings. The Hall–Kier alpha value is -0.0800. The molecule has 0 aromatic carbocycles. The topological polar surface area (TPSA) is 15.3 Å². The van der Waals surface area contributed by atoms with Gasteiger partial charge in [0.1, 0.15) is 0 Å². The Bertz CT molecular complexity index is 250. The van der Waals surface area contributed by atoms with Crippen molar-refractivity contribution in [1.29, 1.82) is 0 Å². The van der Waals surface area contributed by atoms with E-state index in [0.717, 1.165) is 18.0 Å². The molecule has 0 spiro atoms. The van der Waals surface area contributed by atoms with Crippen molar-refractivity contribution in [3.05, 3.63) is 0 Å². The van der Waals surface area contributed by atoms with Crippen LogP contribution in [0.3, 0.4) is 0 Å². The Morgan fingerprint density at radius 2 is 1.80 bits per heavy atom. The predicted molar refractivity (Wildman–Crippen MR) is 88.1 cm³/mol. The molecule has 0 radical (unpaired) electrons. The lowest BCUT2D eigenvalue weighted by molar-refractivity contribution is 0.0877. The van der Waals surface area contributed by atoms with Crippen LogP contribution in [0.15, 0.2) is 0 Å². The van der Waals surface area contributed by atoms with Crippen molar-refractivity contribution in [1.82, 2.24) is 10.2 Å². The summed E-state index contributed by atoms with van der Waals surface area (Å²) in [5.74, 6) is 1.03. The summed E-state index contributed by atoms with van der Waals surface area (Å²) in [5.41, 5.74) is 0. The minimum absolute atomic E-state index is 0.700. The summed E-state index contributed by atoms with van der Waals surface area (Å²) in [4.78, 5) is 2.81. The molecule has 2 fully saturated rings. The lowest BCUT2D eigenvalue weighted by Crippen LogP contribution is -2.50. The van der Waals surface area contributed by atoms with Crippen LogP contribution in [0.2, 0.25) is 0 Å². The second-order valence-corrected chi connectivity index (χ2v) is 7.40. The summed E-state index contributed by atoms with van der Waals surface area (Å²) in [7, 11) is 0. The fourth-order valence-electron chi connectivity index (χ4n) is 4.29. The van der Waals surface area contributed by atoms with Crippen molar-refractivity contribution in [2.24, 2.45) is 5.92 Å². The van der Waals surface area contributed by atoms with E-state index in [1.807, 2.05) is 0 Å². The quantitative estimate of drug-likeness (QED) is 0.784. The number of piperidine rings is 1. The van der Waals surface area contributed by atoms with Gasteiger partial charge < -0.3 is 5.32 Å². The molecule has 2 nitrogen and oxygen atoms in total. The molecule has 2 rings (SSSR count). The van der Waals surface area contributed by atoms with Gasteiger partial charge in [0.2, 0.25) is 0 Å². The van der Waals surface area contributed by atoms with E-state index in [0.29, 0.717) is 6.04 Å². The van der Waals surface area contributed by atoms with Gasteiger partial charge in [-0.05, 0) is 64.8 Å². The van der Waals surface area contributed by atoms with Crippen LogP contribution >= 0.6 is 0 Å². The second-order valence-electron chi connectivity index (χ2n) is 7.40. The first-order valence-electron chi connectivity index (χ1n) is 9.19. The zero-order valence-corrected chi connectivity index (χ0v) is 14.0. The Kier molecular flexibility index (Phi) is 6.83. The fraction of sp³-hybridized carbons (Fsp3) is 1.00. The highest BCUT2D eigenvalue weighted by Crippen LogP contribution is 2.31. The van der Waals surface area contributed by atoms with E-state index in [4.69, 9.17) is 0 Å². The van der Waals surface area contributed by atoms with Gasteiger partial charge in [-0.15, -0.1) is 0 Å². The summed E-state index contributed by atoms with van der Waals surface area (Å²) in [5, 5.41) is 3.73. The van der Waals surface area contributed by atoms with Crippen LogP contribution < -0.4 is 5.32 Å². The van der Waals surface area contributed by atoms with Crippen molar-refractivity contribution in [2.75, 3.05) is 13.1 Å². The normalized spacial score (nSPS) is 31.9. The van der Waals surface area contributed by atoms with Crippen LogP contribution in [0, 0.1) is 5.92 Å². The number of nitrogens with one attached hydrogen (secondary N) is 1. The van der Waals surface area contributed by atoms with Crippen molar-refractivity contribution in [3.63, 3.8) is 0 Å². The minimum Gasteiger partial charge on any atom is -0.313 e. The third kappa shape index (κ3) is 4.73. The van der Waals surface area contributed by atoms with Gasteiger partial charge in [-0.25, -0.2) is 0 Å². The number of hydrogen-bond donors (Lipinski definition) is 1. The van der Waals surface area contributed by atoms with E-state index in [1.165, 1.54) is 70.9 Å². The SMILES string of the molecule is CCCC1CCC(N(CC2CCCCN2)C(C)C)CC1. The molecule has 20 heavy (non-hydrogen) atoms. The first-order chi connectivity index (χ1) is 9.70. The molecule has 1 atom stereocenters. The van der Waals surface area contributed by atoms with E-state index in [2.05, 4.69) is 31.0 Å². The van der Waals surface area contributed by atoms with Crippen molar-refractivity contribution in [3.8, 4) is 0 Å². The average molecular weight is 281 g/mol. The van der Waals surface area contributed by atoms with Gasteiger partial charge in [-0.1, -0.05) is 26.2 Å². The number of rotatable bonds is 6. The third-order valence-electron chi connectivity index (χ3n) is 5.49. The molecule has 1 heterocycles. The van der Waals surface area contributed by atoms with E-state index < -0.39 is 0 Å². The monoisotopic (exact) mass is 280 g/mol. The molecule has 1 N–H and O–H groups in total. The van der Waals surface area contributed by atoms with Gasteiger partial charge in [-0.3, -0.25) is 4.90 Å². The van der Waals surface area contributed by atoms with Crippen LogP contribution in [-0.4, -0.2) is 36.1 Å². The standard InChI is InChI=1S/C18H36N2/c1-4-7-16-9-11-18(12-10-16)20(15(2)3)14-17-8-5-6-13-19-17/h15-19H,4-14H2,1-3H3. The summed E-state index contributed by atoms with van der Waals surface area (Å²) < 4.78 is 0. The molecular formula is C18H36N2. The lowest BCUT2D eigenvalue weighted by Gasteiger charge is -2.42. The molecule has 2 heteroatoms. The molecule has 0 amide bonds. The summed E-state index contributed by atoms with van der Waals surface area (Å²) in [6.07, 6.45) is 12.8. The molecule has 118 valence electrons. The zero-order chi connectivity index (χ0) is 14.4. The highest BCUT2D eigenvalue weighted by Gasteiger charge is 2.28. The molecule has 0 bridgehead atoms. The maximum atomic E-state index is 3.73.